The highest BCUT2D eigenvalue weighted by Crippen LogP contribution is 2.35. The van der Waals surface area contributed by atoms with Gasteiger partial charge in [-0.15, -0.1) is 0 Å². The number of hydrogen-bond donors (Lipinski definition) is 1. The van der Waals surface area contributed by atoms with Gasteiger partial charge in [0.1, 0.15) is 5.75 Å². The Morgan fingerprint density at radius 1 is 1.21 bits per heavy atom. The summed E-state index contributed by atoms with van der Waals surface area (Å²) in [5.74, 6) is 1.72. The normalized spacial score (nSPS) is 16.1. The minimum absolute atomic E-state index is 0.0185. The molecular weight excluding hydrogens is 408 g/mol. The van der Waals surface area contributed by atoms with Crippen molar-refractivity contribution in [2.45, 2.75) is 25.7 Å². The highest BCUT2D eigenvalue weighted by atomic mass is 32.2. The minimum Gasteiger partial charge on any atom is -0.476 e. The Balaban J connectivity index is 1.55. The Kier molecular flexibility index (Phi) is 7.08. The lowest BCUT2D eigenvalue weighted by Gasteiger charge is -2.34. The molecule has 1 unspecified atom stereocenters. The van der Waals surface area contributed by atoms with Crippen LogP contribution in [0.2, 0.25) is 0 Å². The molecular formula is C21H26N2O4S2. The molecule has 0 saturated carbocycles. The van der Waals surface area contributed by atoms with Gasteiger partial charge in [-0.05, 0) is 37.1 Å². The zero-order valence-corrected chi connectivity index (χ0v) is 18.3. The van der Waals surface area contributed by atoms with E-state index >= 15 is 0 Å². The van der Waals surface area contributed by atoms with Crippen LogP contribution in [-0.2, 0) is 20.6 Å². The fourth-order valence-corrected chi connectivity index (χ4v) is 5.13. The number of para-hydroxylation sites is 2. The summed E-state index contributed by atoms with van der Waals surface area (Å²) in [5.41, 5.74) is 3.03. The van der Waals surface area contributed by atoms with Gasteiger partial charge in [0.05, 0.1) is 18.0 Å². The molecule has 0 aliphatic carbocycles. The van der Waals surface area contributed by atoms with Crippen molar-refractivity contribution in [1.82, 2.24) is 5.32 Å². The first-order valence-electron chi connectivity index (χ1n) is 9.58. The van der Waals surface area contributed by atoms with Gasteiger partial charge in [0.15, 0.2) is 6.10 Å². The summed E-state index contributed by atoms with van der Waals surface area (Å²) >= 11 is 1.74. The Bertz CT molecular complexity index is 963. The summed E-state index contributed by atoms with van der Waals surface area (Å²) in [7, 11) is -3.50. The highest BCUT2D eigenvalue weighted by molar-refractivity contribution is 7.98. The number of aryl methyl sites for hydroxylation is 1. The first kappa shape index (κ1) is 21.5. The van der Waals surface area contributed by atoms with E-state index in [1.807, 2.05) is 12.1 Å². The van der Waals surface area contributed by atoms with Crippen LogP contribution >= 0.6 is 11.8 Å². The third-order valence-corrected chi connectivity index (χ3v) is 7.55. The number of nitrogens with one attached hydrogen (secondary N) is 1. The Morgan fingerprint density at radius 3 is 2.69 bits per heavy atom. The molecule has 3 rings (SSSR count). The van der Waals surface area contributed by atoms with Crippen molar-refractivity contribution in [2.24, 2.45) is 0 Å². The van der Waals surface area contributed by atoms with Crippen LogP contribution in [-0.4, -0.2) is 45.0 Å². The molecule has 1 aliphatic heterocycles. The summed E-state index contributed by atoms with van der Waals surface area (Å²) in [6, 6.07) is 15.1. The maximum absolute atomic E-state index is 12.6. The van der Waals surface area contributed by atoms with Crippen molar-refractivity contribution >= 4 is 33.4 Å². The SMILES string of the molecule is CCS(=O)(=O)N1CC(C(=O)NCCSCc2ccccc2C)Oc2ccccc21. The number of benzene rings is 2. The number of ether oxygens (including phenoxy) is 1. The van der Waals surface area contributed by atoms with Crippen molar-refractivity contribution in [3.8, 4) is 5.75 Å². The first-order valence-corrected chi connectivity index (χ1v) is 12.3. The van der Waals surface area contributed by atoms with Gasteiger partial charge in [0.25, 0.3) is 5.91 Å². The molecule has 0 bridgehead atoms. The number of fused-ring (bicyclic) bond motifs is 1. The number of hydrogen-bond acceptors (Lipinski definition) is 5. The molecule has 1 amide bonds. The van der Waals surface area contributed by atoms with Gasteiger partial charge < -0.3 is 10.1 Å². The van der Waals surface area contributed by atoms with Crippen molar-refractivity contribution in [3.63, 3.8) is 0 Å². The number of anilines is 1. The van der Waals surface area contributed by atoms with E-state index < -0.39 is 16.1 Å². The van der Waals surface area contributed by atoms with E-state index in [1.54, 1.807) is 43.0 Å². The van der Waals surface area contributed by atoms with Crippen LogP contribution < -0.4 is 14.4 Å². The van der Waals surface area contributed by atoms with E-state index in [9.17, 15) is 13.2 Å². The molecule has 2 aromatic carbocycles. The summed E-state index contributed by atoms with van der Waals surface area (Å²) in [4.78, 5) is 12.6. The number of carbonyl (C=O) groups is 1. The van der Waals surface area contributed by atoms with Crippen molar-refractivity contribution in [3.05, 3.63) is 59.7 Å². The third-order valence-electron chi connectivity index (χ3n) is 4.79. The second-order valence-electron chi connectivity index (χ2n) is 6.78. The number of carbonyl (C=O) groups excluding carboxylic acids is 1. The molecule has 1 aliphatic rings. The molecule has 8 heteroatoms. The summed E-state index contributed by atoms with van der Waals surface area (Å²) in [6.45, 7) is 4.16. The zero-order chi connectivity index (χ0) is 20.9. The maximum Gasteiger partial charge on any atom is 0.263 e. The molecule has 156 valence electrons. The van der Waals surface area contributed by atoms with Gasteiger partial charge in [-0.3, -0.25) is 9.10 Å². The molecule has 2 aromatic rings. The predicted octanol–water partition coefficient (Wildman–Crippen LogP) is 2.96. The average Bonchev–Trinajstić information content (AvgIpc) is 2.73. The van der Waals surface area contributed by atoms with Crippen LogP contribution in [0, 0.1) is 6.92 Å². The number of nitrogens with zero attached hydrogens (tertiary/aromatic N) is 1. The molecule has 1 N–H and O–H groups in total. The monoisotopic (exact) mass is 434 g/mol. The van der Waals surface area contributed by atoms with Crippen molar-refractivity contribution in [1.29, 1.82) is 0 Å². The second-order valence-corrected chi connectivity index (χ2v) is 10.1. The van der Waals surface area contributed by atoms with E-state index in [-0.39, 0.29) is 18.2 Å². The molecule has 0 spiro atoms. The van der Waals surface area contributed by atoms with Gasteiger partial charge >= 0.3 is 0 Å². The molecule has 1 atom stereocenters. The van der Waals surface area contributed by atoms with Crippen molar-refractivity contribution in [2.75, 3.05) is 28.9 Å². The predicted molar refractivity (Wildman–Crippen MR) is 118 cm³/mol. The summed E-state index contributed by atoms with van der Waals surface area (Å²) in [5, 5.41) is 2.87. The van der Waals surface area contributed by atoms with Crippen LogP contribution in [0.15, 0.2) is 48.5 Å². The Hall–Kier alpha value is -2.19. The van der Waals surface area contributed by atoms with E-state index in [0.717, 1.165) is 11.5 Å². The molecule has 0 aromatic heterocycles. The summed E-state index contributed by atoms with van der Waals surface area (Å²) in [6.07, 6.45) is -0.868. The second kappa shape index (κ2) is 9.54. The van der Waals surface area contributed by atoms with Crippen LogP contribution in [0.1, 0.15) is 18.1 Å². The van der Waals surface area contributed by atoms with Crippen LogP contribution in [0.5, 0.6) is 5.75 Å². The molecule has 29 heavy (non-hydrogen) atoms. The van der Waals surface area contributed by atoms with Crippen molar-refractivity contribution < 1.29 is 17.9 Å². The van der Waals surface area contributed by atoms with E-state index in [0.29, 0.717) is 18.0 Å². The average molecular weight is 435 g/mol. The molecule has 0 radical (unpaired) electrons. The van der Waals surface area contributed by atoms with Gasteiger partial charge in [-0.2, -0.15) is 11.8 Å². The number of thioether (sulfide) groups is 1. The lowest BCUT2D eigenvalue weighted by molar-refractivity contribution is -0.127. The maximum atomic E-state index is 12.6. The van der Waals surface area contributed by atoms with E-state index in [1.165, 1.54) is 15.4 Å². The van der Waals surface area contributed by atoms with Crippen LogP contribution in [0.3, 0.4) is 0 Å². The zero-order valence-electron chi connectivity index (χ0n) is 16.6. The molecule has 1 heterocycles. The lowest BCUT2D eigenvalue weighted by Crippen LogP contribution is -2.51. The minimum atomic E-state index is -3.50. The van der Waals surface area contributed by atoms with Crippen LogP contribution in [0.25, 0.3) is 0 Å². The first-order chi connectivity index (χ1) is 13.9. The quantitative estimate of drug-likeness (QED) is 0.647. The van der Waals surface area contributed by atoms with Crippen LogP contribution in [0.4, 0.5) is 5.69 Å². The lowest BCUT2D eigenvalue weighted by atomic mass is 10.1. The van der Waals surface area contributed by atoms with E-state index in [4.69, 9.17) is 4.74 Å². The topological polar surface area (TPSA) is 75.7 Å². The highest BCUT2D eigenvalue weighted by Gasteiger charge is 2.35. The van der Waals surface area contributed by atoms with Gasteiger partial charge in [-0.25, -0.2) is 8.42 Å². The third kappa shape index (κ3) is 5.25. The smallest absolute Gasteiger partial charge is 0.263 e. The molecule has 6 nitrogen and oxygen atoms in total. The van der Waals surface area contributed by atoms with Gasteiger partial charge in [0, 0.05) is 18.1 Å². The fourth-order valence-electron chi connectivity index (χ4n) is 3.07. The Labute approximate surface area is 176 Å². The Morgan fingerprint density at radius 2 is 1.93 bits per heavy atom. The number of rotatable bonds is 8. The molecule has 0 fully saturated rings. The largest absolute Gasteiger partial charge is 0.476 e. The summed E-state index contributed by atoms with van der Waals surface area (Å²) < 4.78 is 32.0. The fraction of sp³-hybridized carbons (Fsp3) is 0.381. The van der Waals surface area contributed by atoms with Gasteiger partial charge in [0.2, 0.25) is 10.0 Å². The number of sulfonamides is 1. The van der Waals surface area contributed by atoms with Gasteiger partial charge in [-0.1, -0.05) is 36.4 Å². The van der Waals surface area contributed by atoms with E-state index in [2.05, 4.69) is 24.4 Å². The molecule has 0 saturated heterocycles. The standard InChI is InChI=1S/C21H26N2O4S2/c1-3-29(25,26)23-14-20(27-19-11-7-6-10-18(19)23)21(24)22-12-13-28-15-17-9-5-4-8-16(17)2/h4-11,20H,3,12-15H2,1-2H3,(H,22,24). The number of amides is 1.